The molecule has 2 rings (SSSR count). The van der Waals surface area contributed by atoms with Crippen molar-refractivity contribution >= 4 is 25.8 Å². The van der Waals surface area contributed by atoms with Crippen LogP contribution in [0, 0.1) is 5.92 Å². The number of sulfone groups is 1. The van der Waals surface area contributed by atoms with Gasteiger partial charge in [0.1, 0.15) is 0 Å². The molecule has 1 aromatic rings. The van der Waals surface area contributed by atoms with Crippen molar-refractivity contribution in [1.82, 2.24) is 9.21 Å². The van der Waals surface area contributed by atoms with Crippen LogP contribution in [-0.2, 0) is 24.7 Å². The fraction of sp³-hybridized carbons (Fsp3) is 0.562. The van der Waals surface area contributed by atoms with Gasteiger partial charge in [0.05, 0.1) is 15.7 Å². The third-order valence-corrected chi connectivity index (χ3v) is 7.63. The summed E-state index contributed by atoms with van der Waals surface area (Å²) in [7, 11) is -3.70. The zero-order chi connectivity index (χ0) is 19.7. The summed E-state index contributed by atoms with van der Waals surface area (Å²) in [6.07, 6.45) is 2.03. The number of carboxylic acids is 1. The van der Waals surface area contributed by atoms with E-state index in [1.165, 1.54) is 28.6 Å². The molecule has 1 heterocycles. The molecule has 1 aliphatic rings. The number of nitrogens with zero attached hydrogens (tertiary/aromatic N) is 2. The van der Waals surface area contributed by atoms with E-state index in [-0.39, 0.29) is 28.9 Å². The van der Waals surface area contributed by atoms with Crippen LogP contribution in [0.1, 0.15) is 12.8 Å². The minimum absolute atomic E-state index is 0.0295. The molecule has 0 unspecified atom stereocenters. The molecule has 10 heteroatoms. The Hall–Kier alpha value is -1.49. The van der Waals surface area contributed by atoms with E-state index in [0.717, 1.165) is 6.26 Å². The summed E-state index contributed by atoms with van der Waals surface area (Å²) < 4.78 is 50.3. The maximum absolute atomic E-state index is 13.0. The summed E-state index contributed by atoms with van der Waals surface area (Å²) in [6, 6.07) is 4.90. The first kappa shape index (κ1) is 20.8. The second-order valence-electron chi connectivity index (χ2n) is 6.80. The molecule has 1 aromatic carbocycles. The van der Waals surface area contributed by atoms with Crippen LogP contribution >= 0.6 is 0 Å². The number of carbonyl (C=O) groups is 1. The quantitative estimate of drug-likeness (QED) is 0.761. The lowest BCUT2D eigenvalue weighted by Gasteiger charge is -2.28. The van der Waals surface area contributed by atoms with Crippen molar-refractivity contribution in [2.24, 2.45) is 5.92 Å². The van der Waals surface area contributed by atoms with Gasteiger partial charge in [0.15, 0.2) is 9.84 Å². The van der Waals surface area contributed by atoms with Gasteiger partial charge in [-0.2, -0.15) is 4.31 Å². The van der Waals surface area contributed by atoms with Crippen molar-refractivity contribution in [2.45, 2.75) is 28.7 Å². The van der Waals surface area contributed by atoms with Crippen molar-refractivity contribution in [3.05, 3.63) is 24.3 Å². The van der Waals surface area contributed by atoms with Crippen LogP contribution in [0.4, 0.5) is 0 Å². The standard InChI is InChI=1S/C16H24N2O6S2/c1-17(2)13-5-4-12(16(19)20)10-18(11-13)26(23,24)15-8-6-14(7-9-15)25(3,21)22/h6-9,12-13H,4-5,10-11H2,1-3H3,(H,19,20)/t12-,13+/m0/s1. The van der Waals surface area contributed by atoms with Crippen LogP contribution in [0.25, 0.3) is 0 Å². The second-order valence-corrected chi connectivity index (χ2v) is 10.7. The van der Waals surface area contributed by atoms with E-state index in [2.05, 4.69) is 0 Å². The van der Waals surface area contributed by atoms with Crippen molar-refractivity contribution < 1.29 is 26.7 Å². The maximum atomic E-state index is 13.0. The van der Waals surface area contributed by atoms with Crippen LogP contribution in [0.5, 0.6) is 0 Å². The fourth-order valence-corrected chi connectivity index (χ4v) is 5.11. The Bertz CT molecular complexity index is 863. The Labute approximate surface area is 154 Å². The van der Waals surface area contributed by atoms with E-state index in [4.69, 9.17) is 0 Å². The van der Waals surface area contributed by atoms with Crippen molar-refractivity contribution in [3.63, 3.8) is 0 Å². The fourth-order valence-electron chi connectivity index (χ4n) is 2.96. The summed E-state index contributed by atoms with van der Waals surface area (Å²) in [6.45, 7) is 0.0861. The van der Waals surface area contributed by atoms with Gasteiger partial charge in [-0.05, 0) is 51.2 Å². The molecule has 1 saturated heterocycles. The molecule has 1 fully saturated rings. The summed E-state index contributed by atoms with van der Waals surface area (Å²) in [5, 5.41) is 9.37. The van der Waals surface area contributed by atoms with Crippen molar-refractivity contribution in [2.75, 3.05) is 33.4 Å². The molecule has 0 saturated carbocycles. The Morgan fingerprint density at radius 1 is 1.04 bits per heavy atom. The van der Waals surface area contributed by atoms with E-state index in [1.807, 2.05) is 19.0 Å². The normalized spacial score (nSPS) is 22.9. The molecule has 8 nitrogen and oxygen atoms in total. The van der Waals surface area contributed by atoms with Gasteiger partial charge >= 0.3 is 5.97 Å². The van der Waals surface area contributed by atoms with E-state index < -0.39 is 31.7 Å². The van der Waals surface area contributed by atoms with Crippen LogP contribution in [0.2, 0.25) is 0 Å². The molecule has 1 N–H and O–H groups in total. The number of rotatable bonds is 5. The minimum atomic E-state index is -3.93. The van der Waals surface area contributed by atoms with E-state index >= 15 is 0 Å². The SMILES string of the molecule is CN(C)[C@@H]1CC[C@H](C(=O)O)CN(S(=O)(=O)c2ccc(S(C)(=O)=O)cc2)C1. The van der Waals surface area contributed by atoms with Crippen molar-refractivity contribution in [1.29, 1.82) is 0 Å². The van der Waals surface area contributed by atoms with Gasteiger partial charge in [0.25, 0.3) is 0 Å². The second kappa shape index (κ2) is 7.63. The van der Waals surface area contributed by atoms with E-state index in [1.54, 1.807) is 0 Å². The number of hydrogen-bond acceptors (Lipinski definition) is 6. The topological polar surface area (TPSA) is 112 Å². The molecule has 26 heavy (non-hydrogen) atoms. The zero-order valence-corrected chi connectivity index (χ0v) is 16.6. The van der Waals surface area contributed by atoms with Gasteiger partial charge in [-0.15, -0.1) is 0 Å². The Morgan fingerprint density at radius 2 is 1.58 bits per heavy atom. The smallest absolute Gasteiger partial charge is 0.307 e. The van der Waals surface area contributed by atoms with Crippen LogP contribution in [0.15, 0.2) is 34.1 Å². The third-order valence-electron chi connectivity index (χ3n) is 4.66. The first-order valence-corrected chi connectivity index (χ1v) is 11.5. The van der Waals surface area contributed by atoms with Gasteiger partial charge in [-0.3, -0.25) is 4.79 Å². The van der Waals surface area contributed by atoms with Crippen molar-refractivity contribution in [3.8, 4) is 0 Å². The molecule has 0 bridgehead atoms. The van der Waals surface area contributed by atoms with Gasteiger partial charge in [-0.1, -0.05) is 0 Å². The average Bonchev–Trinajstić information content (AvgIpc) is 2.78. The lowest BCUT2D eigenvalue weighted by atomic mass is 10.0. The largest absolute Gasteiger partial charge is 0.481 e. The van der Waals surface area contributed by atoms with Gasteiger partial charge < -0.3 is 10.0 Å². The Morgan fingerprint density at radius 3 is 2.04 bits per heavy atom. The highest BCUT2D eigenvalue weighted by Crippen LogP contribution is 2.26. The third kappa shape index (κ3) is 4.61. The molecule has 0 amide bonds. The Kier molecular flexibility index (Phi) is 6.11. The predicted octanol–water partition coefficient (Wildman–Crippen LogP) is 0.506. The predicted molar refractivity (Wildman–Crippen MR) is 96.1 cm³/mol. The minimum Gasteiger partial charge on any atom is -0.481 e. The van der Waals surface area contributed by atoms with Gasteiger partial charge in [0.2, 0.25) is 10.0 Å². The summed E-state index contributed by atoms with van der Waals surface area (Å²) >= 11 is 0. The average molecular weight is 405 g/mol. The van der Waals surface area contributed by atoms with E-state index in [9.17, 15) is 26.7 Å². The lowest BCUT2D eigenvalue weighted by molar-refractivity contribution is -0.142. The first-order chi connectivity index (χ1) is 11.9. The molecule has 2 atom stereocenters. The summed E-state index contributed by atoms with van der Waals surface area (Å²) in [5.41, 5.74) is 0. The first-order valence-electron chi connectivity index (χ1n) is 8.12. The molecule has 146 valence electrons. The Balaban J connectivity index is 2.38. The molecule has 0 radical (unpaired) electrons. The highest BCUT2D eigenvalue weighted by atomic mass is 32.2. The highest BCUT2D eigenvalue weighted by molar-refractivity contribution is 7.90. The molecular weight excluding hydrogens is 380 g/mol. The monoisotopic (exact) mass is 404 g/mol. The molecule has 0 aliphatic carbocycles. The van der Waals surface area contributed by atoms with Gasteiger partial charge in [0, 0.05) is 25.4 Å². The summed E-state index contributed by atoms with van der Waals surface area (Å²) in [5.74, 6) is -1.79. The number of aliphatic carboxylic acids is 1. The van der Waals surface area contributed by atoms with Crippen LogP contribution < -0.4 is 0 Å². The molecular formula is C16H24N2O6S2. The zero-order valence-electron chi connectivity index (χ0n) is 15.0. The molecule has 1 aliphatic heterocycles. The number of sulfonamides is 1. The molecule has 0 spiro atoms. The highest BCUT2D eigenvalue weighted by Gasteiger charge is 2.35. The number of carboxylic acid groups (broad SMARTS) is 1. The maximum Gasteiger partial charge on any atom is 0.307 e. The van der Waals surface area contributed by atoms with Crippen LogP contribution in [0.3, 0.4) is 0 Å². The lowest BCUT2D eigenvalue weighted by Crippen LogP contribution is -2.43. The van der Waals surface area contributed by atoms with E-state index in [0.29, 0.717) is 12.8 Å². The van der Waals surface area contributed by atoms with Gasteiger partial charge in [-0.25, -0.2) is 16.8 Å². The molecule has 0 aromatic heterocycles. The number of benzene rings is 1. The van der Waals surface area contributed by atoms with Crippen LogP contribution in [-0.4, -0.2) is 76.6 Å². The summed E-state index contributed by atoms with van der Waals surface area (Å²) in [4.78, 5) is 13.3. The number of hydrogen-bond donors (Lipinski definition) is 1. The number of likely N-dealkylation sites (N-methyl/N-ethyl adjacent to an activating group) is 1.